The summed E-state index contributed by atoms with van der Waals surface area (Å²) >= 11 is 0. The normalized spacial score (nSPS) is 21.4. The van der Waals surface area contributed by atoms with E-state index in [0.717, 1.165) is 18.5 Å². The molecule has 1 aliphatic rings. The number of benzene rings is 1. The van der Waals surface area contributed by atoms with E-state index in [1.807, 2.05) is 32.0 Å². The Balaban J connectivity index is 2.21. The molecule has 0 saturated carbocycles. The lowest BCUT2D eigenvalue weighted by Crippen LogP contribution is -2.27. The van der Waals surface area contributed by atoms with E-state index in [1.165, 1.54) is 0 Å². The zero-order valence-corrected chi connectivity index (χ0v) is 13.0. The lowest BCUT2D eigenvalue weighted by molar-refractivity contribution is -0.152. The fourth-order valence-corrected chi connectivity index (χ4v) is 2.67. The molecule has 116 valence electrons. The minimum Gasteiger partial charge on any atom is -0.493 e. The highest BCUT2D eigenvalue weighted by Gasteiger charge is 2.35. The molecule has 1 aromatic rings. The lowest BCUT2D eigenvalue weighted by Gasteiger charge is -2.21. The Hall–Kier alpha value is -1.75. The fourth-order valence-electron chi connectivity index (χ4n) is 2.67. The van der Waals surface area contributed by atoms with Crippen molar-refractivity contribution in [3.8, 4) is 11.5 Å². The van der Waals surface area contributed by atoms with Gasteiger partial charge in [-0.3, -0.25) is 4.79 Å². The third-order valence-electron chi connectivity index (χ3n) is 3.64. The SMILES string of the molecule is COc1ccc([C@@H]2NCC[C@@H]2C(=O)OC(C)C)cc1OC. The number of esters is 1. The molecule has 1 fully saturated rings. The first kappa shape index (κ1) is 15.6. The molecule has 0 spiro atoms. The monoisotopic (exact) mass is 293 g/mol. The van der Waals surface area contributed by atoms with Gasteiger partial charge in [-0.1, -0.05) is 6.07 Å². The van der Waals surface area contributed by atoms with Gasteiger partial charge in [0.2, 0.25) is 0 Å². The number of carbonyl (C=O) groups is 1. The van der Waals surface area contributed by atoms with Crippen LogP contribution in [-0.2, 0) is 9.53 Å². The molecule has 1 aromatic carbocycles. The van der Waals surface area contributed by atoms with Crippen LogP contribution in [0.15, 0.2) is 18.2 Å². The largest absolute Gasteiger partial charge is 0.493 e. The second kappa shape index (κ2) is 6.80. The van der Waals surface area contributed by atoms with E-state index >= 15 is 0 Å². The Labute approximate surface area is 125 Å². The summed E-state index contributed by atoms with van der Waals surface area (Å²) in [7, 11) is 3.21. The zero-order valence-electron chi connectivity index (χ0n) is 13.0. The number of methoxy groups -OCH3 is 2. The average Bonchev–Trinajstić information content (AvgIpc) is 2.95. The molecule has 0 bridgehead atoms. The first-order chi connectivity index (χ1) is 10.1. The summed E-state index contributed by atoms with van der Waals surface area (Å²) in [5, 5.41) is 3.37. The predicted molar refractivity (Wildman–Crippen MR) is 79.6 cm³/mol. The number of nitrogens with one attached hydrogen (secondary N) is 1. The maximum absolute atomic E-state index is 12.2. The Morgan fingerprint density at radius 1 is 1.24 bits per heavy atom. The fraction of sp³-hybridized carbons (Fsp3) is 0.562. The van der Waals surface area contributed by atoms with Crippen LogP contribution in [0.4, 0.5) is 0 Å². The molecule has 5 heteroatoms. The van der Waals surface area contributed by atoms with E-state index in [-0.39, 0.29) is 24.0 Å². The van der Waals surface area contributed by atoms with E-state index in [1.54, 1.807) is 14.2 Å². The predicted octanol–water partition coefficient (Wildman–Crippen LogP) is 2.31. The molecule has 2 atom stereocenters. The van der Waals surface area contributed by atoms with Crippen molar-refractivity contribution in [2.45, 2.75) is 32.4 Å². The Morgan fingerprint density at radius 2 is 1.95 bits per heavy atom. The van der Waals surface area contributed by atoms with E-state index < -0.39 is 0 Å². The smallest absolute Gasteiger partial charge is 0.311 e. The van der Waals surface area contributed by atoms with Crippen LogP contribution < -0.4 is 14.8 Å². The molecule has 0 aromatic heterocycles. The molecule has 21 heavy (non-hydrogen) atoms. The summed E-state index contributed by atoms with van der Waals surface area (Å²) in [4.78, 5) is 12.2. The highest BCUT2D eigenvalue weighted by molar-refractivity contribution is 5.74. The van der Waals surface area contributed by atoms with E-state index in [2.05, 4.69) is 5.32 Å². The molecule has 1 aliphatic heterocycles. The van der Waals surface area contributed by atoms with Gasteiger partial charge in [-0.05, 0) is 44.5 Å². The minimum atomic E-state index is -0.162. The van der Waals surface area contributed by atoms with Crippen LogP contribution in [0.1, 0.15) is 31.9 Å². The first-order valence-electron chi connectivity index (χ1n) is 7.22. The highest BCUT2D eigenvalue weighted by atomic mass is 16.5. The third kappa shape index (κ3) is 3.47. The Kier molecular flexibility index (Phi) is 5.07. The molecular weight excluding hydrogens is 270 g/mol. The van der Waals surface area contributed by atoms with Crippen molar-refractivity contribution >= 4 is 5.97 Å². The summed E-state index contributed by atoms with van der Waals surface area (Å²) in [5.74, 6) is 1.04. The summed E-state index contributed by atoms with van der Waals surface area (Å²) in [6.07, 6.45) is 0.689. The van der Waals surface area contributed by atoms with Gasteiger partial charge in [-0.25, -0.2) is 0 Å². The van der Waals surface area contributed by atoms with Gasteiger partial charge >= 0.3 is 5.97 Å². The maximum Gasteiger partial charge on any atom is 0.311 e. The van der Waals surface area contributed by atoms with Crippen LogP contribution in [0.5, 0.6) is 11.5 Å². The van der Waals surface area contributed by atoms with Crippen LogP contribution in [0.3, 0.4) is 0 Å². The van der Waals surface area contributed by atoms with Gasteiger partial charge in [-0.2, -0.15) is 0 Å². The Morgan fingerprint density at radius 3 is 2.57 bits per heavy atom. The molecule has 5 nitrogen and oxygen atoms in total. The molecular formula is C16H23NO4. The van der Waals surface area contributed by atoms with Crippen LogP contribution in [0, 0.1) is 5.92 Å². The van der Waals surface area contributed by atoms with Crippen molar-refractivity contribution in [3.05, 3.63) is 23.8 Å². The molecule has 0 amide bonds. The van der Waals surface area contributed by atoms with E-state index in [4.69, 9.17) is 14.2 Å². The number of hydrogen-bond acceptors (Lipinski definition) is 5. The van der Waals surface area contributed by atoms with Crippen molar-refractivity contribution in [2.24, 2.45) is 5.92 Å². The third-order valence-corrected chi connectivity index (χ3v) is 3.64. The molecule has 0 unspecified atom stereocenters. The maximum atomic E-state index is 12.2. The summed E-state index contributed by atoms with van der Waals surface area (Å²) in [6, 6.07) is 5.69. The van der Waals surface area contributed by atoms with E-state index in [9.17, 15) is 4.79 Å². The Bertz CT molecular complexity index is 501. The van der Waals surface area contributed by atoms with Gasteiger partial charge in [0.25, 0.3) is 0 Å². The van der Waals surface area contributed by atoms with Gasteiger partial charge in [0.15, 0.2) is 11.5 Å². The van der Waals surface area contributed by atoms with Gasteiger partial charge in [0.1, 0.15) is 0 Å². The average molecular weight is 293 g/mol. The second-order valence-electron chi connectivity index (χ2n) is 5.43. The molecule has 2 rings (SSSR count). The van der Waals surface area contributed by atoms with Crippen molar-refractivity contribution in [1.29, 1.82) is 0 Å². The van der Waals surface area contributed by atoms with Crippen molar-refractivity contribution in [3.63, 3.8) is 0 Å². The number of ether oxygens (including phenoxy) is 3. The molecule has 0 radical (unpaired) electrons. The first-order valence-corrected chi connectivity index (χ1v) is 7.22. The lowest BCUT2D eigenvalue weighted by atomic mass is 9.94. The molecule has 1 N–H and O–H groups in total. The van der Waals surface area contributed by atoms with Gasteiger partial charge < -0.3 is 19.5 Å². The number of carbonyl (C=O) groups excluding carboxylic acids is 1. The van der Waals surface area contributed by atoms with Gasteiger partial charge in [0.05, 0.1) is 26.2 Å². The quantitative estimate of drug-likeness (QED) is 0.844. The van der Waals surface area contributed by atoms with Crippen LogP contribution in [0.2, 0.25) is 0 Å². The highest BCUT2D eigenvalue weighted by Crippen LogP contribution is 2.36. The number of hydrogen-bond donors (Lipinski definition) is 1. The minimum absolute atomic E-state index is 0.0453. The van der Waals surface area contributed by atoms with Gasteiger partial charge in [-0.15, -0.1) is 0 Å². The zero-order chi connectivity index (χ0) is 15.4. The van der Waals surface area contributed by atoms with E-state index in [0.29, 0.717) is 11.5 Å². The summed E-state index contributed by atoms with van der Waals surface area (Å²) < 4.78 is 15.9. The summed E-state index contributed by atoms with van der Waals surface area (Å²) in [6.45, 7) is 4.54. The molecule has 1 heterocycles. The van der Waals surface area contributed by atoms with Crippen molar-refractivity contribution in [1.82, 2.24) is 5.32 Å². The second-order valence-corrected chi connectivity index (χ2v) is 5.43. The molecule has 0 aliphatic carbocycles. The standard InChI is InChI=1S/C16H23NO4/c1-10(2)21-16(18)12-7-8-17-15(12)11-5-6-13(19-3)14(9-11)20-4/h5-6,9-10,12,15,17H,7-8H2,1-4H3/t12-,15-/m0/s1. The van der Waals surface area contributed by atoms with Crippen molar-refractivity contribution in [2.75, 3.05) is 20.8 Å². The topological polar surface area (TPSA) is 56.8 Å². The molecule has 1 saturated heterocycles. The van der Waals surface area contributed by atoms with Crippen LogP contribution in [-0.4, -0.2) is 32.8 Å². The van der Waals surface area contributed by atoms with Crippen molar-refractivity contribution < 1.29 is 19.0 Å². The summed E-state index contributed by atoms with van der Waals surface area (Å²) in [5.41, 5.74) is 1.01. The van der Waals surface area contributed by atoms with Crippen LogP contribution >= 0.6 is 0 Å². The van der Waals surface area contributed by atoms with Gasteiger partial charge in [0, 0.05) is 6.04 Å². The van der Waals surface area contributed by atoms with Crippen LogP contribution in [0.25, 0.3) is 0 Å². The number of rotatable bonds is 5.